The van der Waals surface area contributed by atoms with Crippen LogP contribution in [0.2, 0.25) is 0 Å². The van der Waals surface area contributed by atoms with Gasteiger partial charge in [0.15, 0.2) is 23.3 Å². The van der Waals surface area contributed by atoms with Crippen LogP contribution in [0.15, 0.2) is 5.16 Å². The summed E-state index contributed by atoms with van der Waals surface area (Å²) < 4.78 is 64.9. The van der Waals surface area contributed by atoms with E-state index in [1.807, 2.05) is 6.92 Å². The number of oxime groups is 1. The van der Waals surface area contributed by atoms with Crippen LogP contribution in [0.3, 0.4) is 0 Å². The van der Waals surface area contributed by atoms with Gasteiger partial charge in [-0.3, -0.25) is 0 Å². The van der Waals surface area contributed by atoms with Crippen LogP contribution in [-0.4, -0.2) is 10.5 Å². The summed E-state index contributed by atoms with van der Waals surface area (Å²) >= 11 is 4.30. The second-order valence-electron chi connectivity index (χ2n) is 4.63. The molecular formula is C13H14F5NOS. The number of hydrogen-bond donors (Lipinski definition) is 1. The Morgan fingerprint density at radius 3 is 1.90 bits per heavy atom. The summed E-state index contributed by atoms with van der Waals surface area (Å²) in [6.07, 6.45) is 0.608. The standard InChI is InChI=1S/C13H14F5NOS/c1-4-13(3,21)6(2)19-20-5-7-8(14)10(16)12(18)11(17)9(7)15/h21H,4-5H2,1-3H3/b19-6-. The highest BCUT2D eigenvalue weighted by atomic mass is 32.1. The van der Waals surface area contributed by atoms with Gasteiger partial charge in [0.25, 0.3) is 0 Å². The van der Waals surface area contributed by atoms with Crippen molar-refractivity contribution in [3.8, 4) is 0 Å². The minimum Gasteiger partial charge on any atom is -0.391 e. The minimum absolute atomic E-state index is 0.414. The van der Waals surface area contributed by atoms with Crippen LogP contribution < -0.4 is 0 Å². The fourth-order valence-electron chi connectivity index (χ4n) is 1.32. The first-order chi connectivity index (χ1) is 9.63. The van der Waals surface area contributed by atoms with Crippen molar-refractivity contribution in [3.05, 3.63) is 34.6 Å². The van der Waals surface area contributed by atoms with Crippen LogP contribution in [0, 0.1) is 29.1 Å². The topological polar surface area (TPSA) is 21.6 Å². The summed E-state index contributed by atoms with van der Waals surface area (Å²) in [6.45, 7) is 4.29. The lowest BCUT2D eigenvalue weighted by Crippen LogP contribution is -2.25. The molecule has 0 radical (unpaired) electrons. The summed E-state index contributed by atoms with van der Waals surface area (Å²) in [6, 6.07) is 0. The molecule has 1 aromatic rings. The number of benzene rings is 1. The summed E-state index contributed by atoms with van der Waals surface area (Å²) in [4.78, 5) is 4.68. The van der Waals surface area contributed by atoms with E-state index in [9.17, 15) is 22.0 Å². The van der Waals surface area contributed by atoms with Gasteiger partial charge in [-0.25, -0.2) is 22.0 Å². The van der Waals surface area contributed by atoms with Gasteiger partial charge >= 0.3 is 0 Å². The van der Waals surface area contributed by atoms with Crippen molar-refractivity contribution < 1.29 is 26.8 Å². The van der Waals surface area contributed by atoms with Crippen LogP contribution >= 0.6 is 12.6 Å². The molecule has 0 aliphatic heterocycles. The second kappa shape index (κ2) is 6.64. The van der Waals surface area contributed by atoms with Crippen LogP contribution in [0.4, 0.5) is 22.0 Å². The highest BCUT2D eigenvalue weighted by Gasteiger charge is 2.26. The van der Waals surface area contributed by atoms with Crippen molar-refractivity contribution in [1.29, 1.82) is 0 Å². The van der Waals surface area contributed by atoms with Crippen molar-refractivity contribution >= 4 is 18.3 Å². The lowest BCUT2D eigenvalue weighted by atomic mass is 10.0. The summed E-state index contributed by atoms with van der Waals surface area (Å²) in [7, 11) is 0. The molecule has 0 saturated carbocycles. The number of rotatable bonds is 5. The predicted octanol–water partition coefficient (Wildman–Crippen LogP) is 4.37. The highest BCUT2D eigenvalue weighted by molar-refractivity contribution is 7.82. The lowest BCUT2D eigenvalue weighted by molar-refractivity contribution is 0.121. The third-order valence-corrected chi connectivity index (χ3v) is 3.82. The Labute approximate surface area is 124 Å². The van der Waals surface area contributed by atoms with Gasteiger partial charge in [0.1, 0.15) is 6.61 Å². The van der Waals surface area contributed by atoms with Gasteiger partial charge in [-0.1, -0.05) is 12.1 Å². The fourth-order valence-corrected chi connectivity index (χ4v) is 1.37. The van der Waals surface area contributed by atoms with E-state index in [1.165, 1.54) is 0 Å². The Bertz CT molecular complexity index is 545. The smallest absolute Gasteiger partial charge is 0.200 e. The van der Waals surface area contributed by atoms with Crippen LogP contribution in [0.5, 0.6) is 0 Å². The Morgan fingerprint density at radius 1 is 1.05 bits per heavy atom. The molecule has 118 valence electrons. The number of nitrogens with zero attached hydrogens (tertiary/aromatic N) is 1. The maximum Gasteiger partial charge on any atom is 0.200 e. The van der Waals surface area contributed by atoms with Crippen LogP contribution in [0.1, 0.15) is 32.8 Å². The molecule has 0 saturated heterocycles. The molecule has 0 aliphatic carbocycles. The highest BCUT2D eigenvalue weighted by Crippen LogP contribution is 2.24. The summed E-state index contributed by atoms with van der Waals surface area (Å²) in [5.41, 5.74) is -0.655. The molecule has 0 bridgehead atoms. The molecule has 1 unspecified atom stereocenters. The number of thiol groups is 1. The van der Waals surface area contributed by atoms with E-state index >= 15 is 0 Å². The molecule has 21 heavy (non-hydrogen) atoms. The van der Waals surface area contributed by atoms with Gasteiger partial charge in [-0.2, -0.15) is 12.6 Å². The third-order valence-electron chi connectivity index (χ3n) is 3.18. The van der Waals surface area contributed by atoms with E-state index in [0.717, 1.165) is 0 Å². The second-order valence-corrected chi connectivity index (χ2v) is 5.61. The van der Waals surface area contributed by atoms with Crippen molar-refractivity contribution in [2.45, 2.75) is 38.5 Å². The van der Waals surface area contributed by atoms with E-state index in [1.54, 1.807) is 13.8 Å². The zero-order valence-corrected chi connectivity index (χ0v) is 12.5. The van der Waals surface area contributed by atoms with Gasteiger partial charge in [-0.05, 0) is 20.3 Å². The van der Waals surface area contributed by atoms with E-state index in [0.29, 0.717) is 12.1 Å². The first kappa shape index (κ1) is 17.7. The van der Waals surface area contributed by atoms with Gasteiger partial charge in [-0.15, -0.1) is 0 Å². The average Bonchev–Trinajstić information content (AvgIpc) is 2.46. The van der Waals surface area contributed by atoms with Gasteiger partial charge in [0, 0.05) is 0 Å². The van der Waals surface area contributed by atoms with Gasteiger partial charge in [0.2, 0.25) is 5.82 Å². The van der Waals surface area contributed by atoms with Crippen molar-refractivity contribution in [3.63, 3.8) is 0 Å². The molecule has 0 amide bonds. The van der Waals surface area contributed by atoms with E-state index in [2.05, 4.69) is 22.6 Å². The predicted molar refractivity (Wildman–Crippen MR) is 71.8 cm³/mol. The fraction of sp³-hybridized carbons (Fsp3) is 0.462. The SMILES string of the molecule is CCC(C)(S)/C(C)=N\OCc1c(F)c(F)c(F)c(F)c1F. The molecule has 0 fully saturated rings. The molecule has 0 aromatic heterocycles. The zero-order chi connectivity index (χ0) is 16.4. The maximum atomic E-state index is 13.4. The normalized spacial score (nSPS) is 15.0. The molecule has 1 aromatic carbocycles. The molecule has 8 heteroatoms. The molecule has 2 nitrogen and oxygen atoms in total. The maximum absolute atomic E-state index is 13.4. The Morgan fingerprint density at radius 2 is 1.48 bits per heavy atom. The summed E-state index contributed by atoms with van der Waals surface area (Å²) in [5, 5.41) is 3.59. The summed E-state index contributed by atoms with van der Waals surface area (Å²) in [5.74, 6) is -10.1. The monoisotopic (exact) mass is 327 g/mol. The van der Waals surface area contributed by atoms with Crippen molar-refractivity contribution in [2.75, 3.05) is 0 Å². The van der Waals surface area contributed by atoms with Crippen LogP contribution in [0.25, 0.3) is 0 Å². The molecule has 0 heterocycles. The molecule has 0 aliphatic rings. The minimum atomic E-state index is -2.21. The molecule has 1 atom stereocenters. The Kier molecular flexibility index (Phi) is 5.61. The van der Waals surface area contributed by atoms with E-state index in [4.69, 9.17) is 0 Å². The Hall–Kier alpha value is -1.31. The largest absolute Gasteiger partial charge is 0.391 e. The molecule has 1 rings (SSSR count). The first-order valence-corrected chi connectivity index (χ1v) is 6.47. The number of halogens is 5. The van der Waals surface area contributed by atoms with E-state index < -0.39 is 46.0 Å². The van der Waals surface area contributed by atoms with Crippen molar-refractivity contribution in [1.82, 2.24) is 0 Å². The average molecular weight is 327 g/mol. The zero-order valence-electron chi connectivity index (χ0n) is 11.6. The lowest BCUT2D eigenvalue weighted by Gasteiger charge is -2.20. The Balaban J connectivity index is 2.99. The van der Waals surface area contributed by atoms with E-state index in [-0.39, 0.29) is 0 Å². The van der Waals surface area contributed by atoms with Gasteiger partial charge < -0.3 is 4.84 Å². The molecular weight excluding hydrogens is 313 g/mol. The molecule has 0 spiro atoms. The molecule has 0 N–H and O–H groups in total. The third kappa shape index (κ3) is 3.66. The van der Waals surface area contributed by atoms with Crippen molar-refractivity contribution in [2.24, 2.45) is 5.16 Å². The number of hydrogen-bond acceptors (Lipinski definition) is 3. The quantitative estimate of drug-likeness (QED) is 0.213. The van der Waals surface area contributed by atoms with Crippen LogP contribution in [-0.2, 0) is 11.4 Å². The first-order valence-electron chi connectivity index (χ1n) is 6.03. The van der Waals surface area contributed by atoms with Gasteiger partial charge in [0.05, 0.1) is 16.0 Å².